The number of nitrogens with zero attached hydrogens (tertiary/aromatic N) is 11. The molecule has 3 fully saturated rings. The molecule has 0 radical (unpaired) electrons. The summed E-state index contributed by atoms with van der Waals surface area (Å²) in [7, 11) is 0. The number of hydrogen-bond acceptors (Lipinski definition) is 20. The third kappa shape index (κ3) is 26.3. The van der Waals surface area contributed by atoms with E-state index in [2.05, 4.69) is 47.2 Å². The van der Waals surface area contributed by atoms with E-state index in [0.29, 0.717) is 68.0 Å². The number of aryl methyl sites for hydroxylation is 1. The Balaban J connectivity index is 0.909. The SMILES string of the molecule is Cc1ccc(/C=N/NCN/N=C/CC(/C=N\NC(=O)CCCCCC(=O)N2CCC(CCCOc3ccc4nccc(C(=O)NCC(=O)N5CC(F)(F)C[C@@H]5C#N)c4c3)CC2)NC(=O)CN2CCN(CC(=O)O)CCN(CC(=O)O)CCN(CC(=O)O)CC2)cc1. The molecule has 3 aliphatic heterocycles. The van der Waals surface area contributed by atoms with Crippen LogP contribution in [0.25, 0.3) is 10.9 Å². The fourth-order valence-corrected chi connectivity index (χ4v) is 10.7. The number of carboxylic acid groups (broad SMARTS) is 3. The number of ether oxygens (including phenoxy) is 1. The Bertz CT molecular complexity index is 3020. The molecule has 30 heteroatoms. The Morgan fingerprint density at radius 3 is 1.99 bits per heavy atom. The number of carboxylic acids is 3. The van der Waals surface area contributed by atoms with E-state index < -0.39 is 73.1 Å². The second kappa shape index (κ2) is 37.4. The third-order valence-corrected chi connectivity index (χ3v) is 15.6. The van der Waals surface area contributed by atoms with Crippen LogP contribution in [-0.2, 0) is 33.6 Å². The molecule has 3 saturated heterocycles. The first kappa shape index (κ1) is 71.3. The summed E-state index contributed by atoms with van der Waals surface area (Å²) in [5.41, 5.74) is 11.0. The van der Waals surface area contributed by atoms with E-state index in [1.54, 1.807) is 50.1 Å². The first-order chi connectivity index (χ1) is 43.7. The predicted molar refractivity (Wildman–Crippen MR) is 332 cm³/mol. The topological polar surface area (TPSA) is 360 Å². The van der Waals surface area contributed by atoms with Crippen molar-refractivity contribution in [3.8, 4) is 11.8 Å². The number of hydrogen-bond donors (Lipinski definition) is 8. The van der Waals surface area contributed by atoms with Crippen LogP contribution in [0.4, 0.5) is 8.78 Å². The number of likely N-dealkylation sites (tertiary alicyclic amines) is 2. The summed E-state index contributed by atoms with van der Waals surface area (Å²) in [5.74, 6) is -7.58. The zero-order valence-electron chi connectivity index (χ0n) is 51.4. The molecule has 28 nitrogen and oxygen atoms in total. The van der Waals surface area contributed by atoms with E-state index >= 15 is 0 Å². The van der Waals surface area contributed by atoms with Gasteiger partial charge in [0.25, 0.3) is 11.8 Å². The van der Waals surface area contributed by atoms with Gasteiger partial charge >= 0.3 is 17.9 Å². The molecule has 3 aliphatic rings. The lowest BCUT2D eigenvalue weighted by Crippen LogP contribution is -2.50. The van der Waals surface area contributed by atoms with Crippen LogP contribution in [0.15, 0.2) is 70.0 Å². The van der Waals surface area contributed by atoms with E-state index in [9.17, 15) is 67.7 Å². The van der Waals surface area contributed by atoms with E-state index in [0.717, 1.165) is 41.7 Å². The zero-order valence-corrected chi connectivity index (χ0v) is 51.4. The van der Waals surface area contributed by atoms with E-state index in [4.69, 9.17) is 4.74 Å². The number of benzene rings is 2. The first-order valence-electron chi connectivity index (χ1n) is 30.6. The molecule has 494 valence electrons. The summed E-state index contributed by atoms with van der Waals surface area (Å²) < 4.78 is 33.8. The van der Waals surface area contributed by atoms with Crippen LogP contribution in [0.5, 0.6) is 5.75 Å². The average Bonchev–Trinajstić information content (AvgIpc) is 2.14. The zero-order chi connectivity index (χ0) is 65.5. The fourth-order valence-electron chi connectivity index (χ4n) is 10.7. The second-order valence-electron chi connectivity index (χ2n) is 22.8. The van der Waals surface area contributed by atoms with Crippen molar-refractivity contribution in [2.75, 3.05) is 118 Å². The molecule has 6 rings (SSSR count). The lowest BCUT2D eigenvalue weighted by Gasteiger charge is -2.33. The van der Waals surface area contributed by atoms with Crippen LogP contribution >= 0.6 is 0 Å². The van der Waals surface area contributed by atoms with Crippen molar-refractivity contribution in [3.63, 3.8) is 0 Å². The van der Waals surface area contributed by atoms with Crippen LogP contribution in [-0.4, -0.2) is 252 Å². The van der Waals surface area contributed by atoms with Crippen LogP contribution in [0.1, 0.15) is 92.1 Å². The number of carbonyl (C=O) groups is 8. The summed E-state index contributed by atoms with van der Waals surface area (Å²) >= 11 is 0. The minimum atomic E-state index is -3.17. The number of rotatable bonds is 32. The van der Waals surface area contributed by atoms with Gasteiger partial charge in [0.1, 0.15) is 18.5 Å². The lowest BCUT2D eigenvalue weighted by atomic mass is 9.92. The van der Waals surface area contributed by atoms with Gasteiger partial charge in [0.2, 0.25) is 23.6 Å². The number of halogens is 2. The Labute approximate surface area is 527 Å². The van der Waals surface area contributed by atoms with Crippen molar-refractivity contribution in [2.24, 2.45) is 21.2 Å². The number of amides is 5. The molecular formula is C61H84F2N16O12. The predicted octanol–water partition coefficient (Wildman–Crippen LogP) is 1.99. The summed E-state index contributed by atoms with van der Waals surface area (Å²) in [5, 5.41) is 56.4. The number of fused-ring (bicyclic) bond motifs is 1. The van der Waals surface area contributed by atoms with Crippen molar-refractivity contribution in [2.45, 2.75) is 95.6 Å². The quantitative estimate of drug-likeness (QED) is 0.0192. The second-order valence-corrected chi connectivity index (χ2v) is 22.8. The van der Waals surface area contributed by atoms with Crippen molar-refractivity contribution >= 4 is 77.0 Å². The van der Waals surface area contributed by atoms with Crippen LogP contribution in [0.3, 0.4) is 0 Å². The van der Waals surface area contributed by atoms with Crippen LogP contribution < -0.4 is 31.6 Å². The number of nitriles is 1. The standard InChI is InChI=1S/C61H84F2N16O12/c1-44-9-11-46(12-10-44)35-68-71-43-70-67-20-15-47(72-54(81)38-74-23-25-75(39-57(84)85)27-29-77(41-59(88)89)30-28-76(26-24-74)40-58(86)87)36-69-73-53(80)7-3-2-4-8-55(82)78-21-17-45(18-22-78)6-5-31-91-49-13-14-52-51(32-49)50(16-19-65-52)60(90)66-37-56(83)79-42-61(62,63)33-48(79)34-64/h9-14,16,19-20,32,35-36,45,47-48,70-71H,2-8,15,17-18,21-31,33,37-43H2,1H3,(H,66,90)(H,72,81)(H,73,80)(H,84,85)(H,86,87)(H,88,89)/b67-20+,68-35+,69-36-/t47?,48-/m1/s1. The maximum Gasteiger partial charge on any atom is 0.317 e. The van der Waals surface area contributed by atoms with Gasteiger partial charge in [0, 0.05) is 115 Å². The number of aliphatic carboxylic acids is 3. The van der Waals surface area contributed by atoms with Crippen LogP contribution in [0, 0.1) is 24.2 Å². The average molecular weight is 1270 g/mol. The summed E-state index contributed by atoms with van der Waals surface area (Å²) in [6, 6.07) is 14.2. The molecule has 3 aromatic rings. The molecule has 0 bridgehead atoms. The van der Waals surface area contributed by atoms with Crippen molar-refractivity contribution in [1.29, 1.82) is 5.26 Å². The van der Waals surface area contributed by atoms with Crippen molar-refractivity contribution in [3.05, 3.63) is 71.4 Å². The fraction of sp³-hybridized carbons (Fsp3) is 0.557. The Kier molecular flexibility index (Phi) is 29.3. The highest BCUT2D eigenvalue weighted by molar-refractivity contribution is 6.07. The molecule has 5 amide bonds. The van der Waals surface area contributed by atoms with Crippen molar-refractivity contribution < 1.29 is 67.2 Å². The van der Waals surface area contributed by atoms with E-state index in [1.807, 2.05) is 36.1 Å². The number of nitrogens with one attached hydrogen (secondary N) is 5. The maximum atomic E-state index is 13.9. The van der Waals surface area contributed by atoms with E-state index in [1.165, 1.54) is 24.7 Å². The van der Waals surface area contributed by atoms with Gasteiger partial charge in [-0.2, -0.15) is 20.6 Å². The smallest absolute Gasteiger partial charge is 0.317 e. The highest BCUT2D eigenvalue weighted by Gasteiger charge is 2.47. The van der Waals surface area contributed by atoms with Crippen LogP contribution in [0.2, 0.25) is 0 Å². The Morgan fingerprint density at radius 1 is 0.747 bits per heavy atom. The van der Waals surface area contributed by atoms with Gasteiger partial charge in [-0.3, -0.25) is 73.8 Å². The highest BCUT2D eigenvalue weighted by Crippen LogP contribution is 2.32. The Hall–Kier alpha value is -8.79. The van der Waals surface area contributed by atoms with Crippen molar-refractivity contribution in [1.82, 2.24) is 61.3 Å². The number of alkyl halides is 2. The highest BCUT2D eigenvalue weighted by atomic mass is 19.3. The molecular weight excluding hydrogens is 1190 g/mol. The van der Waals surface area contributed by atoms with Gasteiger partial charge in [-0.05, 0) is 81.2 Å². The number of piperidine rings is 1. The monoisotopic (exact) mass is 1270 g/mol. The molecule has 4 heterocycles. The summed E-state index contributed by atoms with van der Waals surface area (Å²) in [4.78, 5) is 115. The molecule has 2 atom stereocenters. The number of unbranched alkanes of at least 4 members (excludes halogenated alkanes) is 2. The van der Waals surface area contributed by atoms with E-state index in [-0.39, 0.29) is 115 Å². The number of aromatic nitrogens is 1. The summed E-state index contributed by atoms with van der Waals surface area (Å²) in [6.45, 7) is 3.17. The molecule has 2 aromatic carbocycles. The Morgan fingerprint density at radius 2 is 1.36 bits per heavy atom. The van der Waals surface area contributed by atoms with Gasteiger partial charge < -0.3 is 40.5 Å². The first-order valence-corrected chi connectivity index (χ1v) is 30.6. The minimum absolute atomic E-state index is 0.0642. The number of hydrazone groups is 3. The van der Waals surface area contributed by atoms with Gasteiger partial charge in [0.05, 0.1) is 75.3 Å². The summed E-state index contributed by atoms with van der Waals surface area (Å²) in [6.07, 6.45) is 11.0. The largest absolute Gasteiger partial charge is 0.494 e. The van der Waals surface area contributed by atoms with Gasteiger partial charge in [0.15, 0.2) is 0 Å². The number of carbonyl (C=O) groups excluding carboxylic acids is 5. The van der Waals surface area contributed by atoms with Gasteiger partial charge in [-0.25, -0.2) is 14.2 Å². The lowest BCUT2D eigenvalue weighted by molar-refractivity contribution is -0.140. The van der Waals surface area contributed by atoms with Gasteiger partial charge in [-0.1, -0.05) is 36.2 Å². The molecule has 91 heavy (non-hydrogen) atoms. The maximum absolute atomic E-state index is 13.9. The molecule has 1 aromatic heterocycles. The minimum Gasteiger partial charge on any atom is -0.494 e. The molecule has 0 spiro atoms. The molecule has 8 N–H and O–H groups in total. The molecule has 1 unspecified atom stereocenters. The normalized spacial score (nSPS) is 17.9. The molecule has 0 aliphatic carbocycles. The number of pyridine rings is 1. The third-order valence-electron chi connectivity index (χ3n) is 15.6. The molecule has 0 saturated carbocycles. The van der Waals surface area contributed by atoms with Gasteiger partial charge in [-0.15, -0.1) is 0 Å².